The standard InChI is InChI=1S/C18H21N5O/c1-22-12-16(10-20-22)18(24)21-17-6-3-7-23(13-17)11-15-5-2-4-14(8-15)9-19/h2,4-5,8,10,12,17H,3,6-7,11,13H2,1H3,(H,21,24). The molecule has 3 rings (SSSR count). The number of likely N-dealkylation sites (tertiary alicyclic amines) is 1. The molecule has 1 aliphatic heterocycles. The van der Waals surface area contributed by atoms with Gasteiger partial charge in [-0.2, -0.15) is 10.4 Å². The first-order valence-corrected chi connectivity index (χ1v) is 8.15. The van der Waals surface area contributed by atoms with Gasteiger partial charge in [0, 0.05) is 32.4 Å². The summed E-state index contributed by atoms with van der Waals surface area (Å²) in [5.41, 5.74) is 2.41. The lowest BCUT2D eigenvalue weighted by Crippen LogP contribution is -2.47. The van der Waals surface area contributed by atoms with E-state index in [4.69, 9.17) is 5.26 Å². The van der Waals surface area contributed by atoms with Gasteiger partial charge in [-0.25, -0.2) is 0 Å². The highest BCUT2D eigenvalue weighted by Crippen LogP contribution is 2.15. The Hall–Kier alpha value is -2.65. The molecule has 1 atom stereocenters. The molecule has 1 N–H and O–H groups in total. The number of aromatic nitrogens is 2. The van der Waals surface area contributed by atoms with Crippen LogP contribution in [0.1, 0.15) is 34.3 Å². The molecule has 0 saturated carbocycles. The van der Waals surface area contributed by atoms with Crippen LogP contribution in [0.3, 0.4) is 0 Å². The van der Waals surface area contributed by atoms with Crippen LogP contribution in [-0.2, 0) is 13.6 Å². The number of nitriles is 1. The van der Waals surface area contributed by atoms with Crippen LogP contribution in [0.4, 0.5) is 0 Å². The van der Waals surface area contributed by atoms with E-state index < -0.39 is 0 Å². The fourth-order valence-electron chi connectivity index (χ4n) is 3.12. The summed E-state index contributed by atoms with van der Waals surface area (Å²) in [6.07, 6.45) is 5.35. The lowest BCUT2D eigenvalue weighted by Gasteiger charge is -2.33. The minimum atomic E-state index is -0.0681. The van der Waals surface area contributed by atoms with Gasteiger partial charge in [-0.05, 0) is 37.1 Å². The van der Waals surface area contributed by atoms with Crippen molar-refractivity contribution in [3.8, 4) is 6.07 Å². The summed E-state index contributed by atoms with van der Waals surface area (Å²) in [6, 6.07) is 10.0. The number of carbonyl (C=O) groups is 1. The van der Waals surface area contributed by atoms with Gasteiger partial charge < -0.3 is 5.32 Å². The van der Waals surface area contributed by atoms with Crippen LogP contribution in [0.25, 0.3) is 0 Å². The van der Waals surface area contributed by atoms with E-state index in [2.05, 4.69) is 21.4 Å². The molecule has 24 heavy (non-hydrogen) atoms. The average Bonchev–Trinajstić information content (AvgIpc) is 3.02. The number of benzene rings is 1. The van der Waals surface area contributed by atoms with Crippen molar-refractivity contribution in [2.45, 2.75) is 25.4 Å². The van der Waals surface area contributed by atoms with Crippen LogP contribution in [0.5, 0.6) is 0 Å². The monoisotopic (exact) mass is 323 g/mol. The molecule has 1 unspecified atom stereocenters. The predicted octanol–water partition coefficient (Wildman–Crippen LogP) is 1.69. The van der Waals surface area contributed by atoms with Gasteiger partial charge in [0.15, 0.2) is 0 Å². The van der Waals surface area contributed by atoms with Crippen molar-refractivity contribution in [1.82, 2.24) is 20.0 Å². The van der Waals surface area contributed by atoms with Gasteiger partial charge >= 0.3 is 0 Å². The number of nitrogens with zero attached hydrogens (tertiary/aromatic N) is 4. The Morgan fingerprint density at radius 1 is 1.50 bits per heavy atom. The van der Waals surface area contributed by atoms with Gasteiger partial charge in [-0.1, -0.05) is 12.1 Å². The Morgan fingerprint density at radius 3 is 3.12 bits per heavy atom. The Kier molecular flexibility index (Phi) is 4.92. The summed E-state index contributed by atoms with van der Waals surface area (Å²) in [4.78, 5) is 14.6. The molecule has 0 spiro atoms. The third-order valence-corrected chi connectivity index (χ3v) is 4.27. The third-order valence-electron chi connectivity index (χ3n) is 4.27. The second kappa shape index (κ2) is 7.28. The minimum absolute atomic E-state index is 0.0681. The molecule has 1 fully saturated rings. The van der Waals surface area contributed by atoms with Crippen molar-refractivity contribution in [3.63, 3.8) is 0 Å². The fraction of sp³-hybridized carbons (Fsp3) is 0.389. The van der Waals surface area contributed by atoms with Gasteiger partial charge in [0.05, 0.1) is 23.4 Å². The number of aryl methyl sites for hydroxylation is 1. The molecule has 1 aromatic carbocycles. The molecule has 0 radical (unpaired) electrons. The molecule has 2 heterocycles. The number of piperidine rings is 1. The molecule has 124 valence electrons. The average molecular weight is 323 g/mol. The van der Waals surface area contributed by atoms with Crippen molar-refractivity contribution >= 4 is 5.91 Å². The van der Waals surface area contributed by atoms with Crippen LogP contribution in [0.2, 0.25) is 0 Å². The first-order valence-electron chi connectivity index (χ1n) is 8.15. The summed E-state index contributed by atoms with van der Waals surface area (Å²) < 4.78 is 1.63. The summed E-state index contributed by atoms with van der Waals surface area (Å²) in [7, 11) is 1.80. The molecule has 1 saturated heterocycles. The smallest absolute Gasteiger partial charge is 0.254 e. The first-order chi connectivity index (χ1) is 11.6. The summed E-state index contributed by atoms with van der Waals surface area (Å²) >= 11 is 0. The number of amides is 1. The van der Waals surface area contributed by atoms with E-state index in [-0.39, 0.29) is 11.9 Å². The maximum absolute atomic E-state index is 12.3. The Labute approximate surface area is 141 Å². The quantitative estimate of drug-likeness (QED) is 0.929. The van der Waals surface area contributed by atoms with Crippen LogP contribution >= 0.6 is 0 Å². The zero-order valence-electron chi connectivity index (χ0n) is 13.8. The third kappa shape index (κ3) is 4.00. The Morgan fingerprint density at radius 2 is 2.38 bits per heavy atom. The van der Waals surface area contributed by atoms with Gasteiger partial charge in [0.2, 0.25) is 0 Å². The van der Waals surface area contributed by atoms with Crippen LogP contribution in [0.15, 0.2) is 36.7 Å². The molecular weight excluding hydrogens is 302 g/mol. The Balaban J connectivity index is 1.58. The van der Waals surface area contributed by atoms with E-state index in [0.29, 0.717) is 11.1 Å². The van der Waals surface area contributed by atoms with Crippen LogP contribution in [-0.4, -0.2) is 39.7 Å². The highest BCUT2D eigenvalue weighted by atomic mass is 16.1. The van der Waals surface area contributed by atoms with Crippen molar-refractivity contribution in [2.24, 2.45) is 7.05 Å². The van der Waals surface area contributed by atoms with Crippen molar-refractivity contribution in [1.29, 1.82) is 5.26 Å². The molecule has 1 aromatic heterocycles. The molecule has 2 aromatic rings. The van der Waals surface area contributed by atoms with Gasteiger partial charge in [-0.15, -0.1) is 0 Å². The second-order valence-corrected chi connectivity index (χ2v) is 6.26. The van der Waals surface area contributed by atoms with Crippen LogP contribution in [0, 0.1) is 11.3 Å². The fourth-order valence-corrected chi connectivity index (χ4v) is 3.12. The van der Waals surface area contributed by atoms with Crippen molar-refractivity contribution in [3.05, 3.63) is 53.3 Å². The lowest BCUT2D eigenvalue weighted by molar-refractivity contribution is 0.0900. The number of carbonyl (C=O) groups excluding carboxylic acids is 1. The summed E-state index contributed by atoms with van der Waals surface area (Å²) in [6.45, 7) is 2.63. The minimum Gasteiger partial charge on any atom is -0.348 e. The van der Waals surface area contributed by atoms with E-state index in [1.54, 1.807) is 24.1 Å². The summed E-state index contributed by atoms with van der Waals surface area (Å²) in [5, 5.41) is 16.1. The van der Waals surface area contributed by atoms with E-state index in [1.165, 1.54) is 0 Å². The maximum atomic E-state index is 12.3. The summed E-state index contributed by atoms with van der Waals surface area (Å²) in [5.74, 6) is -0.0681. The highest BCUT2D eigenvalue weighted by Gasteiger charge is 2.22. The second-order valence-electron chi connectivity index (χ2n) is 6.26. The van der Waals surface area contributed by atoms with Gasteiger partial charge in [0.1, 0.15) is 0 Å². The molecular formula is C18H21N5O. The van der Waals surface area contributed by atoms with E-state index in [9.17, 15) is 4.79 Å². The van der Waals surface area contributed by atoms with Crippen LogP contribution < -0.4 is 5.32 Å². The lowest BCUT2D eigenvalue weighted by atomic mass is 10.0. The maximum Gasteiger partial charge on any atom is 0.254 e. The van der Waals surface area contributed by atoms with E-state index in [0.717, 1.165) is 38.0 Å². The first kappa shape index (κ1) is 16.2. The SMILES string of the molecule is Cn1cc(C(=O)NC2CCCN(Cc3cccc(C#N)c3)C2)cn1. The molecule has 0 aliphatic carbocycles. The normalized spacial score (nSPS) is 18.1. The largest absolute Gasteiger partial charge is 0.348 e. The molecule has 0 bridgehead atoms. The van der Waals surface area contributed by atoms with Crippen molar-refractivity contribution < 1.29 is 4.79 Å². The van der Waals surface area contributed by atoms with E-state index in [1.807, 2.05) is 24.3 Å². The van der Waals surface area contributed by atoms with Gasteiger partial charge in [-0.3, -0.25) is 14.4 Å². The topological polar surface area (TPSA) is 74.0 Å². The number of hydrogen-bond acceptors (Lipinski definition) is 4. The van der Waals surface area contributed by atoms with Gasteiger partial charge in [0.25, 0.3) is 5.91 Å². The number of hydrogen-bond donors (Lipinski definition) is 1. The molecule has 6 nitrogen and oxygen atoms in total. The highest BCUT2D eigenvalue weighted by molar-refractivity contribution is 5.93. The molecule has 1 amide bonds. The zero-order valence-corrected chi connectivity index (χ0v) is 13.8. The van der Waals surface area contributed by atoms with E-state index >= 15 is 0 Å². The predicted molar refractivity (Wildman–Crippen MR) is 90.1 cm³/mol. The number of nitrogens with one attached hydrogen (secondary N) is 1. The molecule has 1 aliphatic rings. The zero-order chi connectivity index (χ0) is 16.9. The molecule has 6 heteroatoms. The number of rotatable bonds is 4. The Bertz CT molecular complexity index is 761. The van der Waals surface area contributed by atoms with Crippen molar-refractivity contribution in [2.75, 3.05) is 13.1 Å².